The molecule has 8 nitrogen and oxygen atoms in total. The number of aliphatic hydroxyl groups excluding tert-OH is 1. The van der Waals surface area contributed by atoms with E-state index < -0.39 is 39.0 Å². The van der Waals surface area contributed by atoms with Crippen LogP contribution in [0, 0.1) is 6.57 Å². The Morgan fingerprint density at radius 3 is 2.42 bits per heavy atom. The molecule has 1 fully saturated rings. The van der Waals surface area contributed by atoms with Crippen molar-refractivity contribution in [3.8, 4) is 0 Å². The van der Waals surface area contributed by atoms with Crippen LogP contribution in [-0.4, -0.2) is 65.8 Å². The van der Waals surface area contributed by atoms with Crippen molar-refractivity contribution in [2.45, 2.75) is 42.1 Å². The van der Waals surface area contributed by atoms with E-state index in [1.54, 1.807) is 20.8 Å². The van der Waals surface area contributed by atoms with Crippen molar-refractivity contribution in [1.82, 2.24) is 4.90 Å². The molecule has 142 valence electrons. The van der Waals surface area contributed by atoms with E-state index in [1.807, 2.05) is 0 Å². The maximum atomic E-state index is 12.9. The van der Waals surface area contributed by atoms with Gasteiger partial charge in [0.2, 0.25) is 0 Å². The number of benzene rings is 1. The number of hydrogen-bond donors (Lipinski definition) is 2. The van der Waals surface area contributed by atoms with E-state index in [4.69, 9.17) is 11.3 Å². The molecule has 1 heterocycles. The molecule has 1 saturated heterocycles. The Kier molecular flexibility index (Phi) is 5.33. The minimum absolute atomic E-state index is 0.0900. The topological polar surface area (TPSA) is 109 Å². The Morgan fingerprint density at radius 2 is 1.96 bits per heavy atom. The van der Waals surface area contributed by atoms with Crippen LogP contribution in [0.25, 0.3) is 4.85 Å². The molecule has 0 saturated carbocycles. The highest BCUT2D eigenvalue weighted by Gasteiger charge is 2.54. The average molecular weight is 382 g/mol. The largest absolute Gasteiger partial charge is 0.444 e. The van der Waals surface area contributed by atoms with E-state index in [-0.39, 0.29) is 23.7 Å². The van der Waals surface area contributed by atoms with Gasteiger partial charge in [-0.2, -0.15) is 0 Å². The van der Waals surface area contributed by atoms with Gasteiger partial charge in [0, 0.05) is 6.54 Å². The Labute approximate surface area is 152 Å². The van der Waals surface area contributed by atoms with Gasteiger partial charge in [0.15, 0.2) is 15.5 Å². The molecule has 1 amide bonds. The fourth-order valence-electron chi connectivity index (χ4n) is 2.75. The zero-order chi connectivity index (χ0) is 19.8. The van der Waals surface area contributed by atoms with Crippen LogP contribution in [0.2, 0.25) is 0 Å². The van der Waals surface area contributed by atoms with Gasteiger partial charge in [-0.3, -0.25) is 0 Å². The molecule has 1 aromatic rings. The monoisotopic (exact) mass is 382 g/mol. The summed E-state index contributed by atoms with van der Waals surface area (Å²) in [4.78, 5) is 16.4. The number of nitrogens with zero attached hydrogens (tertiary/aromatic N) is 2. The van der Waals surface area contributed by atoms with Crippen LogP contribution in [0.1, 0.15) is 20.8 Å². The van der Waals surface area contributed by atoms with Crippen molar-refractivity contribution in [2.24, 2.45) is 0 Å². The molecule has 0 radical (unpaired) electrons. The fraction of sp³-hybridized carbons (Fsp3) is 0.529. The number of carbonyl (C=O) groups excluding carboxylic acids is 1. The smallest absolute Gasteiger partial charge is 0.410 e. The second-order valence-corrected chi connectivity index (χ2v) is 9.39. The lowest BCUT2D eigenvalue weighted by molar-refractivity contribution is -0.0108. The van der Waals surface area contributed by atoms with Crippen LogP contribution in [-0.2, 0) is 14.6 Å². The number of sulfone groups is 1. The molecule has 2 N–H and O–H groups in total. The van der Waals surface area contributed by atoms with Crippen LogP contribution in [0.4, 0.5) is 10.5 Å². The number of β-amino-alcohol motifs (C(OH)–C–C–N with tert-alkyl or cyclic N) is 1. The molecule has 9 heteroatoms. The number of likely N-dealkylation sites (tertiary alicyclic amines) is 1. The summed E-state index contributed by atoms with van der Waals surface area (Å²) in [5.74, 6) is 0. The third-order valence-corrected chi connectivity index (χ3v) is 6.31. The zero-order valence-corrected chi connectivity index (χ0v) is 15.7. The molecule has 26 heavy (non-hydrogen) atoms. The zero-order valence-electron chi connectivity index (χ0n) is 14.8. The summed E-state index contributed by atoms with van der Waals surface area (Å²) in [5.41, 5.74) is -2.50. The van der Waals surface area contributed by atoms with Crippen molar-refractivity contribution in [2.75, 3.05) is 19.7 Å². The second-order valence-electron chi connectivity index (χ2n) is 7.26. The summed E-state index contributed by atoms with van der Waals surface area (Å²) in [6, 6.07) is 5.27. The number of amides is 1. The van der Waals surface area contributed by atoms with Gasteiger partial charge in [-0.1, -0.05) is 24.3 Å². The Balaban J connectivity index is 2.34. The summed E-state index contributed by atoms with van der Waals surface area (Å²) < 4.78 is 31.1. The Hall–Kier alpha value is -2.15. The highest BCUT2D eigenvalue weighted by molar-refractivity contribution is 7.92. The molecule has 0 spiro atoms. The Bertz CT molecular complexity index is 822. The van der Waals surface area contributed by atoms with E-state index in [2.05, 4.69) is 4.85 Å². The first-order valence-electron chi connectivity index (χ1n) is 7.95. The highest BCUT2D eigenvalue weighted by atomic mass is 32.2. The Morgan fingerprint density at radius 1 is 1.38 bits per heavy atom. The first-order valence-corrected chi connectivity index (χ1v) is 9.50. The van der Waals surface area contributed by atoms with E-state index >= 15 is 0 Å². The van der Waals surface area contributed by atoms with E-state index in [0.29, 0.717) is 0 Å². The van der Waals surface area contributed by atoms with Crippen LogP contribution < -0.4 is 0 Å². The van der Waals surface area contributed by atoms with Crippen molar-refractivity contribution in [1.29, 1.82) is 0 Å². The van der Waals surface area contributed by atoms with Gasteiger partial charge in [-0.05, 0) is 20.8 Å². The van der Waals surface area contributed by atoms with Crippen molar-refractivity contribution in [3.05, 3.63) is 35.7 Å². The predicted octanol–water partition coefficient (Wildman–Crippen LogP) is 1.35. The van der Waals surface area contributed by atoms with Gasteiger partial charge < -0.3 is 19.8 Å². The summed E-state index contributed by atoms with van der Waals surface area (Å²) in [7, 11) is -4.06. The quantitative estimate of drug-likeness (QED) is 0.764. The van der Waals surface area contributed by atoms with Crippen molar-refractivity contribution < 1.29 is 28.2 Å². The van der Waals surface area contributed by atoms with Gasteiger partial charge in [-0.15, -0.1) is 0 Å². The summed E-state index contributed by atoms with van der Waals surface area (Å²) in [6.07, 6.45) is -0.759. The number of carbonyl (C=O) groups is 1. The van der Waals surface area contributed by atoms with E-state index in [0.717, 1.165) is 4.90 Å². The van der Waals surface area contributed by atoms with Crippen LogP contribution >= 0.6 is 0 Å². The maximum absolute atomic E-state index is 12.9. The SMILES string of the molecule is [C-]#[N+]c1ccc(S(=O)(=O)[C@H]2CN(C(=O)OC(C)(C)C)CC2(O)CO)cc1. The van der Waals surface area contributed by atoms with E-state index in [9.17, 15) is 23.4 Å². The van der Waals surface area contributed by atoms with Gasteiger partial charge in [0.1, 0.15) is 16.5 Å². The molecule has 1 unspecified atom stereocenters. The maximum Gasteiger partial charge on any atom is 0.410 e. The number of aliphatic hydroxyl groups is 2. The van der Waals surface area contributed by atoms with Gasteiger partial charge in [-0.25, -0.2) is 18.1 Å². The fourth-order valence-corrected chi connectivity index (χ4v) is 4.69. The normalized spacial score (nSPS) is 23.5. The molecule has 0 bridgehead atoms. The number of ether oxygens (including phenoxy) is 1. The van der Waals surface area contributed by atoms with Crippen molar-refractivity contribution in [3.63, 3.8) is 0 Å². The second kappa shape index (κ2) is 6.87. The number of hydrogen-bond acceptors (Lipinski definition) is 6. The first kappa shape index (κ1) is 20.2. The molecular weight excluding hydrogens is 360 g/mol. The minimum atomic E-state index is -4.06. The lowest BCUT2D eigenvalue weighted by atomic mass is 10.1. The standard InChI is InChI=1S/C17H22N2O6S/c1-16(2,3)25-15(21)19-9-14(17(22,10-19)11-20)26(23,24)13-7-5-12(18-4)6-8-13/h5-8,14,20,22H,9-11H2,1-3H3/t14-,17?/m0/s1. The van der Waals surface area contributed by atoms with Gasteiger partial charge in [0.25, 0.3) is 0 Å². The molecule has 1 aliphatic heterocycles. The molecule has 1 aromatic carbocycles. The van der Waals surface area contributed by atoms with Crippen LogP contribution in [0.5, 0.6) is 0 Å². The van der Waals surface area contributed by atoms with Gasteiger partial charge in [0.05, 0.1) is 24.6 Å². The lowest BCUT2D eigenvalue weighted by Crippen LogP contribution is -2.49. The molecule has 0 aromatic heterocycles. The summed E-state index contributed by atoms with van der Waals surface area (Å²) in [6.45, 7) is 10.4. The van der Waals surface area contributed by atoms with Crippen LogP contribution in [0.3, 0.4) is 0 Å². The predicted molar refractivity (Wildman–Crippen MR) is 93.5 cm³/mol. The summed E-state index contributed by atoms with van der Waals surface area (Å²) in [5, 5.41) is 18.8. The molecule has 2 atom stereocenters. The van der Waals surface area contributed by atoms with E-state index in [1.165, 1.54) is 24.3 Å². The number of rotatable bonds is 3. The molecule has 2 rings (SSSR count). The first-order chi connectivity index (χ1) is 11.9. The molecule has 0 aliphatic carbocycles. The summed E-state index contributed by atoms with van der Waals surface area (Å²) >= 11 is 0. The average Bonchev–Trinajstić information content (AvgIpc) is 2.93. The minimum Gasteiger partial charge on any atom is -0.444 e. The molecular formula is C17H22N2O6S. The molecule has 1 aliphatic rings. The van der Waals surface area contributed by atoms with Crippen molar-refractivity contribution >= 4 is 21.6 Å². The van der Waals surface area contributed by atoms with Gasteiger partial charge >= 0.3 is 6.09 Å². The third-order valence-electron chi connectivity index (χ3n) is 4.04. The highest BCUT2D eigenvalue weighted by Crippen LogP contribution is 2.33. The van der Waals surface area contributed by atoms with Crippen LogP contribution in [0.15, 0.2) is 29.2 Å². The third kappa shape index (κ3) is 3.98. The lowest BCUT2D eigenvalue weighted by Gasteiger charge is -2.26.